The molecule has 0 saturated carbocycles. The highest BCUT2D eigenvalue weighted by molar-refractivity contribution is 7.89. The smallest absolute Gasteiger partial charge is 0.257 e. The minimum atomic E-state index is -3.67. The number of nitrogens with one attached hydrogen (secondary N) is 1. The van der Waals surface area contributed by atoms with Crippen LogP contribution < -0.4 is 5.32 Å². The van der Waals surface area contributed by atoms with Crippen LogP contribution >= 0.6 is 11.6 Å². The summed E-state index contributed by atoms with van der Waals surface area (Å²) in [7, 11) is -3.67. The molecule has 1 saturated heterocycles. The van der Waals surface area contributed by atoms with Gasteiger partial charge in [0.2, 0.25) is 10.0 Å². The van der Waals surface area contributed by atoms with Crippen molar-refractivity contribution in [1.29, 1.82) is 0 Å². The summed E-state index contributed by atoms with van der Waals surface area (Å²) < 4.78 is 54.1. The minimum Gasteiger partial charge on any atom is -0.322 e. The molecule has 9 heteroatoms. The van der Waals surface area contributed by atoms with Crippen molar-refractivity contribution < 1.29 is 22.0 Å². The Morgan fingerprint density at radius 3 is 2.21 bits per heavy atom. The number of halogens is 3. The summed E-state index contributed by atoms with van der Waals surface area (Å²) in [4.78, 5) is 12.4. The van der Waals surface area contributed by atoms with Gasteiger partial charge in [-0.05, 0) is 63.1 Å². The van der Waals surface area contributed by atoms with Crippen LogP contribution in [-0.2, 0) is 10.0 Å². The third-order valence-electron chi connectivity index (χ3n) is 5.05. The summed E-state index contributed by atoms with van der Waals surface area (Å²) in [6, 6.07) is 6.97. The summed E-state index contributed by atoms with van der Waals surface area (Å²) in [6.45, 7) is 3.79. The third kappa shape index (κ3) is 4.44. The maximum atomic E-state index is 13.4. The van der Waals surface area contributed by atoms with Gasteiger partial charge in [-0.15, -0.1) is 0 Å². The standard InChI is InChI=1S/C20H21ClF2N2O3S/c1-12-4-3-5-13(2)25(12)29(27,28)15-8-6-14(7-9-15)24-20(26)16-10-18(22)19(23)11-17(16)21/h6-13H,3-5H2,1-2H3,(H,24,26)/t12-,13-/m0/s1. The van der Waals surface area contributed by atoms with E-state index in [4.69, 9.17) is 11.6 Å². The van der Waals surface area contributed by atoms with E-state index in [1.807, 2.05) is 13.8 Å². The normalized spacial score (nSPS) is 20.4. The van der Waals surface area contributed by atoms with Crippen LogP contribution in [0.25, 0.3) is 0 Å². The Morgan fingerprint density at radius 2 is 1.62 bits per heavy atom. The largest absolute Gasteiger partial charge is 0.322 e. The number of carbonyl (C=O) groups excluding carboxylic acids is 1. The Hall–Kier alpha value is -2.03. The quantitative estimate of drug-likeness (QED) is 0.690. The molecule has 0 bridgehead atoms. The van der Waals surface area contributed by atoms with Crippen LogP contribution in [0.5, 0.6) is 0 Å². The molecule has 29 heavy (non-hydrogen) atoms. The molecule has 2 aromatic rings. The van der Waals surface area contributed by atoms with Crippen molar-refractivity contribution in [2.45, 2.75) is 50.1 Å². The van der Waals surface area contributed by atoms with Gasteiger partial charge in [0, 0.05) is 17.8 Å². The SMILES string of the molecule is C[C@H]1CCC[C@H](C)N1S(=O)(=O)c1ccc(NC(=O)c2cc(F)c(F)cc2Cl)cc1. The molecule has 1 aliphatic heterocycles. The van der Waals surface area contributed by atoms with Gasteiger partial charge in [0.25, 0.3) is 5.91 Å². The monoisotopic (exact) mass is 442 g/mol. The highest BCUT2D eigenvalue weighted by Crippen LogP contribution is 2.30. The maximum absolute atomic E-state index is 13.4. The van der Waals surface area contributed by atoms with E-state index in [9.17, 15) is 22.0 Å². The fourth-order valence-corrected chi connectivity index (χ4v) is 5.72. The number of hydrogen-bond acceptors (Lipinski definition) is 3. The van der Waals surface area contributed by atoms with Crippen LogP contribution in [0.15, 0.2) is 41.3 Å². The number of nitrogens with zero attached hydrogens (tertiary/aromatic N) is 1. The maximum Gasteiger partial charge on any atom is 0.257 e. The fourth-order valence-electron chi connectivity index (χ4n) is 3.60. The number of sulfonamides is 1. The molecule has 5 nitrogen and oxygen atoms in total. The molecule has 1 aliphatic rings. The van der Waals surface area contributed by atoms with Crippen molar-refractivity contribution >= 4 is 33.2 Å². The average molecular weight is 443 g/mol. The number of piperidine rings is 1. The summed E-state index contributed by atoms with van der Waals surface area (Å²) >= 11 is 5.81. The van der Waals surface area contributed by atoms with Crippen molar-refractivity contribution in [3.63, 3.8) is 0 Å². The Balaban J connectivity index is 1.80. The summed E-state index contributed by atoms with van der Waals surface area (Å²) in [5.74, 6) is -3.07. The Bertz CT molecular complexity index is 1020. The number of benzene rings is 2. The molecule has 0 aliphatic carbocycles. The van der Waals surface area contributed by atoms with Gasteiger partial charge in [0.15, 0.2) is 11.6 Å². The second kappa shape index (κ2) is 8.38. The van der Waals surface area contributed by atoms with Gasteiger partial charge in [-0.3, -0.25) is 4.79 Å². The van der Waals surface area contributed by atoms with Gasteiger partial charge in [-0.1, -0.05) is 18.0 Å². The van der Waals surface area contributed by atoms with E-state index in [0.29, 0.717) is 11.8 Å². The highest BCUT2D eigenvalue weighted by Gasteiger charge is 2.35. The molecule has 0 radical (unpaired) electrons. The van der Waals surface area contributed by atoms with Gasteiger partial charge >= 0.3 is 0 Å². The van der Waals surface area contributed by atoms with Crippen LogP contribution in [0.2, 0.25) is 5.02 Å². The number of carbonyl (C=O) groups is 1. The summed E-state index contributed by atoms with van der Waals surface area (Å²) in [6.07, 6.45) is 2.62. The first kappa shape index (κ1) is 21.7. The van der Waals surface area contributed by atoms with E-state index in [1.54, 1.807) is 0 Å². The molecule has 1 amide bonds. The van der Waals surface area contributed by atoms with Crippen LogP contribution in [0.1, 0.15) is 43.5 Å². The summed E-state index contributed by atoms with van der Waals surface area (Å²) in [5.41, 5.74) is 0.0766. The molecule has 156 valence electrons. The van der Waals surface area contributed by atoms with Crippen molar-refractivity contribution in [3.05, 3.63) is 58.6 Å². The Morgan fingerprint density at radius 1 is 1.07 bits per heavy atom. The first-order valence-electron chi connectivity index (χ1n) is 9.20. The van der Waals surface area contributed by atoms with Crippen molar-refractivity contribution in [2.75, 3.05) is 5.32 Å². The zero-order valence-corrected chi connectivity index (χ0v) is 17.5. The van der Waals surface area contributed by atoms with Gasteiger partial charge in [0.1, 0.15) is 0 Å². The molecule has 0 unspecified atom stereocenters. The van der Waals surface area contributed by atoms with E-state index >= 15 is 0 Å². The van der Waals surface area contributed by atoms with Crippen molar-refractivity contribution in [2.24, 2.45) is 0 Å². The minimum absolute atomic E-state index is 0.0846. The Kier molecular flexibility index (Phi) is 6.26. The third-order valence-corrected chi connectivity index (χ3v) is 7.51. The predicted molar refractivity (Wildman–Crippen MR) is 108 cm³/mol. The van der Waals surface area contributed by atoms with E-state index in [-0.39, 0.29) is 27.6 Å². The molecule has 1 heterocycles. The lowest BCUT2D eigenvalue weighted by molar-refractivity contribution is 0.102. The number of amides is 1. The van der Waals surface area contributed by atoms with Gasteiger partial charge in [-0.25, -0.2) is 17.2 Å². The second-order valence-corrected chi connectivity index (χ2v) is 9.44. The molecule has 3 rings (SSSR count). The lowest BCUT2D eigenvalue weighted by Gasteiger charge is -2.37. The zero-order valence-electron chi connectivity index (χ0n) is 16.0. The topological polar surface area (TPSA) is 66.5 Å². The molecule has 0 aromatic heterocycles. The fraction of sp³-hybridized carbons (Fsp3) is 0.350. The predicted octanol–water partition coefficient (Wildman–Crippen LogP) is 4.82. The van der Waals surface area contributed by atoms with Crippen LogP contribution in [-0.4, -0.2) is 30.7 Å². The molecule has 1 fully saturated rings. The average Bonchev–Trinajstić information content (AvgIpc) is 2.64. The van der Waals surface area contributed by atoms with Gasteiger partial charge in [-0.2, -0.15) is 4.31 Å². The van der Waals surface area contributed by atoms with Crippen LogP contribution in [0.4, 0.5) is 14.5 Å². The lowest BCUT2D eigenvalue weighted by Crippen LogP contribution is -2.47. The molecule has 2 atom stereocenters. The molecular weight excluding hydrogens is 422 g/mol. The Labute approximate surface area is 173 Å². The number of hydrogen-bond donors (Lipinski definition) is 1. The van der Waals surface area contributed by atoms with Crippen LogP contribution in [0, 0.1) is 11.6 Å². The lowest BCUT2D eigenvalue weighted by atomic mass is 10.0. The van der Waals surface area contributed by atoms with Crippen molar-refractivity contribution in [1.82, 2.24) is 4.31 Å². The zero-order chi connectivity index (χ0) is 21.3. The van der Waals surface area contributed by atoms with Crippen LogP contribution in [0.3, 0.4) is 0 Å². The molecule has 1 N–H and O–H groups in total. The highest BCUT2D eigenvalue weighted by atomic mass is 35.5. The first-order chi connectivity index (χ1) is 13.6. The van der Waals surface area contributed by atoms with Crippen molar-refractivity contribution in [3.8, 4) is 0 Å². The first-order valence-corrected chi connectivity index (χ1v) is 11.0. The van der Waals surface area contributed by atoms with E-state index in [2.05, 4.69) is 5.32 Å². The van der Waals surface area contributed by atoms with E-state index in [1.165, 1.54) is 28.6 Å². The van der Waals surface area contributed by atoms with E-state index < -0.39 is 27.6 Å². The molecular formula is C20H21ClF2N2O3S. The number of anilines is 1. The van der Waals surface area contributed by atoms with Gasteiger partial charge in [0.05, 0.1) is 15.5 Å². The van der Waals surface area contributed by atoms with E-state index in [0.717, 1.165) is 25.3 Å². The molecule has 2 aromatic carbocycles. The van der Waals surface area contributed by atoms with Gasteiger partial charge < -0.3 is 5.32 Å². The summed E-state index contributed by atoms with van der Waals surface area (Å²) in [5, 5.41) is 2.27. The second-order valence-electron chi connectivity index (χ2n) is 7.19. The number of rotatable bonds is 4. The molecule has 0 spiro atoms.